The Labute approximate surface area is 156 Å². The Kier molecular flexibility index (Phi) is 5.88. The lowest BCUT2D eigenvalue weighted by Gasteiger charge is -2.10. The number of aryl methyl sites for hydroxylation is 1. The Morgan fingerprint density at radius 2 is 1.85 bits per heavy atom. The van der Waals surface area contributed by atoms with Gasteiger partial charge in [0.2, 0.25) is 0 Å². The molecule has 0 aliphatic carbocycles. The van der Waals surface area contributed by atoms with Crippen molar-refractivity contribution in [1.29, 1.82) is 0 Å². The van der Waals surface area contributed by atoms with E-state index in [2.05, 4.69) is 30.9 Å². The standard InChI is InChI=1S/C19H19FN6O/c1-13-24-17(12-18(25-13)26-16-7-2-3-8-21-16)22-9-10-23-19(27)14-5-4-6-15(20)11-14/h2-8,11-12H,9-10H2,1H3,(H,23,27)(H2,21,22,24,25,26). The van der Waals surface area contributed by atoms with Gasteiger partial charge in [-0.15, -0.1) is 0 Å². The van der Waals surface area contributed by atoms with Crippen molar-refractivity contribution in [2.45, 2.75) is 6.92 Å². The molecule has 3 rings (SSSR count). The van der Waals surface area contributed by atoms with E-state index in [0.29, 0.717) is 36.4 Å². The normalized spacial score (nSPS) is 10.3. The van der Waals surface area contributed by atoms with Gasteiger partial charge in [-0.1, -0.05) is 12.1 Å². The summed E-state index contributed by atoms with van der Waals surface area (Å²) in [6.07, 6.45) is 1.69. The zero-order valence-corrected chi connectivity index (χ0v) is 14.7. The van der Waals surface area contributed by atoms with Crippen molar-refractivity contribution < 1.29 is 9.18 Å². The third-order valence-electron chi connectivity index (χ3n) is 3.56. The van der Waals surface area contributed by atoms with Gasteiger partial charge in [-0.3, -0.25) is 4.79 Å². The van der Waals surface area contributed by atoms with Gasteiger partial charge in [-0.25, -0.2) is 19.3 Å². The van der Waals surface area contributed by atoms with Crippen molar-refractivity contribution in [2.24, 2.45) is 0 Å². The molecule has 3 aromatic rings. The number of nitrogens with zero attached hydrogens (tertiary/aromatic N) is 3. The molecule has 2 aromatic heterocycles. The highest BCUT2D eigenvalue weighted by atomic mass is 19.1. The number of nitrogens with one attached hydrogen (secondary N) is 3. The molecular formula is C19H19FN6O. The Balaban J connectivity index is 1.53. The monoisotopic (exact) mass is 366 g/mol. The van der Waals surface area contributed by atoms with E-state index in [0.717, 1.165) is 0 Å². The summed E-state index contributed by atoms with van der Waals surface area (Å²) in [7, 11) is 0. The van der Waals surface area contributed by atoms with Crippen LogP contribution in [0.2, 0.25) is 0 Å². The van der Waals surface area contributed by atoms with Gasteiger partial charge in [0, 0.05) is 30.9 Å². The first-order chi connectivity index (χ1) is 13.1. The van der Waals surface area contributed by atoms with E-state index in [4.69, 9.17) is 0 Å². The summed E-state index contributed by atoms with van der Waals surface area (Å²) in [4.78, 5) is 24.8. The average molecular weight is 366 g/mol. The highest BCUT2D eigenvalue weighted by Crippen LogP contribution is 2.15. The number of aromatic nitrogens is 3. The number of benzene rings is 1. The van der Waals surface area contributed by atoms with Gasteiger partial charge in [0.05, 0.1) is 0 Å². The zero-order chi connectivity index (χ0) is 19.1. The minimum atomic E-state index is -0.440. The molecule has 0 unspecified atom stereocenters. The second-order valence-electron chi connectivity index (χ2n) is 5.72. The van der Waals surface area contributed by atoms with E-state index in [1.165, 1.54) is 18.2 Å². The molecule has 7 nitrogen and oxygen atoms in total. The van der Waals surface area contributed by atoms with Crippen molar-refractivity contribution in [2.75, 3.05) is 23.7 Å². The fourth-order valence-electron chi connectivity index (χ4n) is 2.39. The van der Waals surface area contributed by atoms with Gasteiger partial charge in [-0.05, 0) is 37.3 Å². The fourth-order valence-corrected chi connectivity index (χ4v) is 2.39. The van der Waals surface area contributed by atoms with Crippen molar-refractivity contribution >= 4 is 23.4 Å². The van der Waals surface area contributed by atoms with Gasteiger partial charge in [-0.2, -0.15) is 0 Å². The first-order valence-electron chi connectivity index (χ1n) is 8.41. The summed E-state index contributed by atoms with van der Waals surface area (Å²) in [5.41, 5.74) is 0.287. The molecule has 1 aromatic carbocycles. The quantitative estimate of drug-likeness (QED) is 0.557. The second-order valence-corrected chi connectivity index (χ2v) is 5.72. The Morgan fingerprint density at radius 3 is 2.63 bits per heavy atom. The third-order valence-corrected chi connectivity index (χ3v) is 3.56. The first kappa shape index (κ1) is 18.2. The lowest BCUT2D eigenvalue weighted by atomic mass is 10.2. The van der Waals surface area contributed by atoms with Gasteiger partial charge >= 0.3 is 0 Å². The van der Waals surface area contributed by atoms with Gasteiger partial charge in [0.1, 0.15) is 29.1 Å². The van der Waals surface area contributed by atoms with Crippen molar-refractivity contribution in [3.63, 3.8) is 0 Å². The minimum absolute atomic E-state index is 0.287. The van der Waals surface area contributed by atoms with Gasteiger partial charge in [0.15, 0.2) is 0 Å². The van der Waals surface area contributed by atoms with Crippen LogP contribution in [0.5, 0.6) is 0 Å². The van der Waals surface area contributed by atoms with Gasteiger partial charge < -0.3 is 16.0 Å². The molecule has 0 bridgehead atoms. The SMILES string of the molecule is Cc1nc(NCCNC(=O)c2cccc(F)c2)cc(Nc2ccccn2)n1. The zero-order valence-electron chi connectivity index (χ0n) is 14.7. The number of hydrogen-bond acceptors (Lipinski definition) is 6. The molecule has 0 atom stereocenters. The predicted molar refractivity (Wildman–Crippen MR) is 102 cm³/mol. The van der Waals surface area contributed by atoms with Gasteiger partial charge in [0.25, 0.3) is 5.91 Å². The molecule has 0 saturated heterocycles. The summed E-state index contributed by atoms with van der Waals surface area (Å²) in [5, 5.41) is 8.97. The first-order valence-corrected chi connectivity index (χ1v) is 8.41. The number of anilines is 3. The second kappa shape index (κ2) is 8.70. The topological polar surface area (TPSA) is 91.8 Å². The highest BCUT2D eigenvalue weighted by Gasteiger charge is 2.06. The Bertz CT molecular complexity index is 919. The largest absolute Gasteiger partial charge is 0.368 e. The Hall–Kier alpha value is -3.55. The lowest BCUT2D eigenvalue weighted by molar-refractivity contribution is 0.0954. The molecule has 138 valence electrons. The molecule has 27 heavy (non-hydrogen) atoms. The highest BCUT2D eigenvalue weighted by molar-refractivity contribution is 5.94. The van der Waals surface area contributed by atoms with Crippen LogP contribution in [-0.4, -0.2) is 33.9 Å². The number of hydrogen-bond donors (Lipinski definition) is 3. The van der Waals surface area contributed by atoms with E-state index < -0.39 is 5.82 Å². The molecule has 0 spiro atoms. The minimum Gasteiger partial charge on any atom is -0.368 e. The molecule has 0 aliphatic rings. The number of halogens is 1. The molecule has 8 heteroatoms. The number of carbonyl (C=O) groups excluding carboxylic acids is 1. The smallest absolute Gasteiger partial charge is 0.251 e. The molecule has 3 N–H and O–H groups in total. The van der Waals surface area contributed by atoms with Crippen molar-refractivity contribution in [1.82, 2.24) is 20.3 Å². The van der Waals surface area contributed by atoms with Crippen LogP contribution in [0.25, 0.3) is 0 Å². The van der Waals surface area contributed by atoms with E-state index in [1.54, 1.807) is 25.3 Å². The maximum Gasteiger partial charge on any atom is 0.251 e. The van der Waals surface area contributed by atoms with Crippen molar-refractivity contribution in [3.8, 4) is 0 Å². The molecule has 0 aliphatic heterocycles. The molecule has 0 saturated carbocycles. The summed E-state index contributed by atoms with van der Waals surface area (Å²) < 4.78 is 13.2. The van der Waals surface area contributed by atoms with Crippen molar-refractivity contribution in [3.05, 3.63) is 71.9 Å². The van der Waals surface area contributed by atoms with Crippen LogP contribution in [0.3, 0.4) is 0 Å². The number of amides is 1. The van der Waals surface area contributed by atoms with E-state index >= 15 is 0 Å². The molecule has 1 amide bonds. The Morgan fingerprint density at radius 1 is 1.00 bits per heavy atom. The summed E-state index contributed by atoms with van der Waals surface area (Å²) in [6.45, 7) is 2.61. The van der Waals surface area contributed by atoms with Crippen LogP contribution in [0.1, 0.15) is 16.2 Å². The van der Waals surface area contributed by atoms with Crippen LogP contribution in [0.4, 0.5) is 21.8 Å². The third kappa shape index (κ3) is 5.46. The molecule has 2 heterocycles. The maximum atomic E-state index is 13.2. The van der Waals surface area contributed by atoms with Crippen LogP contribution in [0.15, 0.2) is 54.7 Å². The number of carbonyl (C=O) groups is 1. The summed E-state index contributed by atoms with van der Waals surface area (Å²) in [6, 6.07) is 12.9. The van der Waals surface area contributed by atoms with Crippen LogP contribution in [-0.2, 0) is 0 Å². The van der Waals surface area contributed by atoms with E-state index in [-0.39, 0.29) is 11.5 Å². The van der Waals surface area contributed by atoms with E-state index in [9.17, 15) is 9.18 Å². The molecular weight excluding hydrogens is 347 g/mol. The number of pyridine rings is 1. The molecule has 0 radical (unpaired) electrons. The van der Waals surface area contributed by atoms with Crippen LogP contribution >= 0.6 is 0 Å². The fraction of sp³-hybridized carbons (Fsp3) is 0.158. The molecule has 0 fully saturated rings. The van der Waals surface area contributed by atoms with Crippen LogP contribution < -0.4 is 16.0 Å². The predicted octanol–water partition coefficient (Wildman–Crippen LogP) is 2.90. The number of rotatable bonds is 7. The maximum absolute atomic E-state index is 13.2. The van der Waals surface area contributed by atoms with Crippen LogP contribution in [0, 0.1) is 12.7 Å². The summed E-state index contributed by atoms with van der Waals surface area (Å²) in [5.74, 6) is 1.76. The summed E-state index contributed by atoms with van der Waals surface area (Å²) >= 11 is 0. The van der Waals surface area contributed by atoms with E-state index in [1.807, 2.05) is 18.2 Å². The average Bonchev–Trinajstić information content (AvgIpc) is 2.65. The lowest BCUT2D eigenvalue weighted by Crippen LogP contribution is -2.29.